The minimum atomic E-state index is 0.455. The van der Waals surface area contributed by atoms with Crippen LogP contribution >= 0.6 is 23.8 Å². The summed E-state index contributed by atoms with van der Waals surface area (Å²) in [6, 6.07) is 17.0. The predicted octanol–water partition coefficient (Wildman–Crippen LogP) is 4.94. The maximum Gasteiger partial charge on any atom is 0.173 e. The summed E-state index contributed by atoms with van der Waals surface area (Å²) in [5, 5.41) is 4.95. The van der Waals surface area contributed by atoms with Crippen molar-refractivity contribution in [3.8, 4) is 0 Å². The summed E-state index contributed by atoms with van der Waals surface area (Å²) in [5.41, 5.74) is 3.50. The fraction of sp³-hybridized carbons (Fsp3) is 0.381. The van der Waals surface area contributed by atoms with E-state index < -0.39 is 0 Å². The van der Waals surface area contributed by atoms with Crippen LogP contribution in [0.15, 0.2) is 48.5 Å². The summed E-state index contributed by atoms with van der Waals surface area (Å²) in [6.45, 7) is 8.28. The van der Waals surface area contributed by atoms with Crippen LogP contribution in [0.4, 0.5) is 5.69 Å². The Balaban J connectivity index is 1.60. The Morgan fingerprint density at radius 3 is 2.73 bits per heavy atom. The van der Waals surface area contributed by atoms with Crippen LogP contribution in [0.5, 0.6) is 0 Å². The molecule has 0 saturated carbocycles. The molecule has 1 fully saturated rings. The standard InChI is InChI=1S/C21H26ClN3S/c1-3-25(21(26)23-20-10-9-18(22)13-16(20)2)19-11-12-24(15-19)14-17-7-5-4-6-8-17/h4-10,13,19H,3,11-12,14-15H2,1-2H3,(H,23,26). The minimum Gasteiger partial charge on any atom is -0.345 e. The molecule has 0 spiro atoms. The molecule has 5 heteroatoms. The number of benzene rings is 2. The van der Waals surface area contributed by atoms with E-state index in [2.05, 4.69) is 52.4 Å². The van der Waals surface area contributed by atoms with Crippen molar-refractivity contribution in [2.45, 2.75) is 32.9 Å². The molecule has 0 radical (unpaired) electrons. The quantitative estimate of drug-likeness (QED) is 0.732. The van der Waals surface area contributed by atoms with Gasteiger partial charge >= 0.3 is 0 Å². The van der Waals surface area contributed by atoms with Gasteiger partial charge in [0.25, 0.3) is 0 Å². The van der Waals surface area contributed by atoms with Crippen LogP contribution in [0.25, 0.3) is 0 Å². The molecule has 1 aliphatic rings. The first kappa shape index (κ1) is 19.2. The lowest BCUT2D eigenvalue weighted by Crippen LogP contribution is -2.44. The smallest absolute Gasteiger partial charge is 0.173 e. The number of aryl methyl sites for hydroxylation is 1. The molecule has 3 nitrogen and oxygen atoms in total. The van der Waals surface area contributed by atoms with E-state index in [-0.39, 0.29) is 0 Å². The van der Waals surface area contributed by atoms with Crippen molar-refractivity contribution in [2.75, 3.05) is 25.0 Å². The molecule has 1 heterocycles. The molecule has 1 aliphatic heterocycles. The van der Waals surface area contributed by atoms with Gasteiger partial charge in [0.15, 0.2) is 5.11 Å². The van der Waals surface area contributed by atoms with Crippen LogP contribution in [-0.2, 0) is 6.54 Å². The minimum absolute atomic E-state index is 0.455. The number of nitrogens with zero attached hydrogens (tertiary/aromatic N) is 2. The largest absolute Gasteiger partial charge is 0.345 e. The Bertz CT molecular complexity index is 750. The summed E-state index contributed by atoms with van der Waals surface area (Å²) in [6.07, 6.45) is 1.14. The Hall–Kier alpha value is -1.62. The number of likely N-dealkylation sites (N-methyl/N-ethyl adjacent to an activating group) is 1. The molecule has 138 valence electrons. The summed E-state index contributed by atoms with van der Waals surface area (Å²) < 4.78 is 0. The zero-order valence-corrected chi connectivity index (χ0v) is 17.0. The van der Waals surface area contributed by atoms with Crippen molar-refractivity contribution in [3.63, 3.8) is 0 Å². The molecule has 2 aromatic rings. The second kappa shape index (κ2) is 8.85. The van der Waals surface area contributed by atoms with Gasteiger partial charge in [-0.3, -0.25) is 4.90 Å². The summed E-state index contributed by atoms with van der Waals surface area (Å²) in [5.74, 6) is 0. The monoisotopic (exact) mass is 387 g/mol. The molecule has 3 rings (SSSR count). The van der Waals surface area contributed by atoms with Crippen LogP contribution in [-0.4, -0.2) is 40.6 Å². The Labute approximate surface area is 166 Å². The molecule has 0 bridgehead atoms. The highest BCUT2D eigenvalue weighted by Gasteiger charge is 2.28. The number of nitrogens with one attached hydrogen (secondary N) is 1. The van der Waals surface area contributed by atoms with Crippen LogP contribution < -0.4 is 5.32 Å². The zero-order chi connectivity index (χ0) is 18.5. The van der Waals surface area contributed by atoms with Crippen molar-refractivity contribution >= 4 is 34.6 Å². The van der Waals surface area contributed by atoms with E-state index >= 15 is 0 Å². The molecule has 26 heavy (non-hydrogen) atoms. The van der Waals surface area contributed by atoms with E-state index in [1.807, 2.05) is 25.1 Å². The first-order valence-corrected chi connectivity index (χ1v) is 9.95. The van der Waals surface area contributed by atoms with E-state index in [4.69, 9.17) is 23.8 Å². The van der Waals surface area contributed by atoms with Gasteiger partial charge in [0, 0.05) is 42.9 Å². The van der Waals surface area contributed by atoms with E-state index in [0.717, 1.165) is 54.0 Å². The van der Waals surface area contributed by atoms with Gasteiger partial charge in [-0.1, -0.05) is 41.9 Å². The van der Waals surface area contributed by atoms with E-state index in [9.17, 15) is 0 Å². The normalized spacial score (nSPS) is 17.3. The maximum absolute atomic E-state index is 6.05. The molecule has 1 N–H and O–H groups in total. The summed E-state index contributed by atoms with van der Waals surface area (Å²) in [4.78, 5) is 4.83. The maximum atomic E-state index is 6.05. The number of likely N-dealkylation sites (tertiary alicyclic amines) is 1. The number of halogens is 1. The Morgan fingerprint density at radius 1 is 1.27 bits per heavy atom. The number of hydrogen-bond acceptors (Lipinski definition) is 2. The third-order valence-electron chi connectivity index (χ3n) is 4.97. The van der Waals surface area contributed by atoms with Crippen molar-refractivity contribution in [1.82, 2.24) is 9.80 Å². The first-order valence-electron chi connectivity index (χ1n) is 9.17. The Morgan fingerprint density at radius 2 is 2.04 bits per heavy atom. The van der Waals surface area contributed by atoms with Crippen molar-refractivity contribution in [3.05, 3.63) is 64.7 Å². The van der Waals surface area contributed by atoms with Gasteiger partial charge in [-0.05, 0) is 61.8 Å². The van der Waals surface area contributed by atoms with Crippen molar-refractivity contribution in [2.24, 2.45) is 0 Å². The van der Waals surface area contributed by atoms with Gasteiger partial charge in [-0.25, -0.2) is 0 Å². The Kier molecular flexibility index (Phi) is 6.52. The average molecular weight is 388 g/mol. The average Bonchev–Trinajstić information content (AvgIpc) is 3.07. The summed E-state index contributed by atoms with van der Waals surface area (Å²) in [7, 11) is 0. The van der Waals surface area contributed by atoms with Crippen molar-refractivity contribution < 1.29 is 0 Å². The van der Waals surface area contributed by atoms with Crippen LogP contribution in [0.2, 0.25) is 5.02 Å². The number of thiocarbonyl (C=S) groups is 1. The van der Waals surface area contributed by atoms with Gasteiger partial charge < -0.3 is 10.2 Å². The number of anilines is 1. The lowest BCUT2D eigenvalue weighted by molar-refractivity contribution is 0.282. The number of hydrogen-bond donors (Lipinski definition) is 1. The highest BCUT2D eigenvalue weighted by molar-refractivity contribution is 7.80. The fourth-order valence-electron chi connectivity index (χ4n) is 3.57. The van der Waals surface area contributed by atoms with Gasteiger partial charge in [-0.15, -0.1) is 0 Å². The highest BCUT2D eigenvalue weighted by atomic mass is 35.5. The zero-order valence-electron chi connectivity index (χ0n) is 15.4. The fourth-order valence-corrected chi connectivity index (χ4v) is 4.19. The molecule has 2 aromatic carbocycles. The third kappa shape index (κ3) is 4.76. The van der Waals surface area contributed by atoms with E-state index in [1.54, 1.807) is 0 Å². The van der Waals surface area contributed by atoms with E-state index in [1.165, 1.54) is 5.56 Å². The highest BCUT2D eigenvalue weighted by Crippen LogP contribution is 2.22. The molecule has 0 amide bonds. The lowest BCUT2D eigenvalue weighted by Gasteiger charge is -2.31. The lowest BCUT2D eigenvalue weighted by atomic mass is 10.2. The second-order valence-corrected chi connectivity index (χ2v) is 7.66. The summed E-state index contributed by atoms with van der Waals surface area (Å²) >= 11 is 11.8. The third-order valence-corrected chi connectivity index (χ3v) is 5.54. The van der Waals surface area contributed by atoms with Crippen LogP contribution in [0.3, 0.4) is 0 Å². The molecule has 1 atom stereocenters. The molecule has 0 aromatic heterocycles. The first-order chi connectivity index (χ1) is 12.6. The number of rotatable bonds is 5. The molecule has 0 aliphatic carbocycles. The van der Waals surface area contributed by atoms with Gasteiger partial charge in [-0.2, -0.15) is 0 Å². The second-order valence-electron chi connectivity index (χ2n) is 6.84. The van der Waals surface area contributed by atoms with Gasteiger partial charge in [0.2, 0.25) is 0 Å². The van der Waals surface area contributed by atoms with Gasteiger partial charge in [0.1, 0.15) is 0 Å². The molecule has 1 saturated heterocycles. The molecular weight excluding hydrogens is 362 g/mol. The SMILES string of the molecule is CCN(C(=S)Nc1ccc(Cl)cc1C)C1CCN(Cc2ccccc2)C1. The predicted molar refractivity (Wildman–Crippen MR) is 115 cm³/mol. The van der Waals surface area contributed by atoms with Crippen molar-refractivity contribution in [1.29, 1.82) is 0 Å². The van der Waals surface area contributed by atoms with Crippen LogP contribution in [0.1, 0.15) is 24.5 Å². The molecular formula is C21H26ClN3S. The van der Waals surface area contributed by atoms with Crippen LogP contribution in [0, 0.1) is 6.92 Å². The van der Waals surface area contributed by atoms with Gasteiger partial charge in [0.05, 0.1) is 0 Å². The topological polar surface area (TPSA) is 18.5 Å². The van der Waals surface area contributed by atoms with E-state index in [0.29, 0.717) is 6.04 Å². The molecule has 1 unspecified atom stereocenters.